The fraction of sp³-hybridized carbons (Fsp3) is 0.118. The summed E-state index contributed by atoms with van der Waals surface area (Å²) in [6.45, 7) is 2.09. The van der Waals surface area contributed by atoms with Crippen LogP contribution in [0.2, 0.25) is 0 Å². The SMILES string of the molecule is COc1cccc(-c2ccc3cccc(C)c3n2)c1. The molecule has 0 saturated carbocycles. The Kier molecular flexibility index (Phi) is 2.92. The second kappa shape index (κ2) is 4.73. The van der Waals surface area contributed by atoms with E-state index in [4.69, 9.17) is 9.72 Å². The van der Waals surface area contributed by atoms with Crippen molar-refractivity contribution in [2.75, 3.05) is 7.11 Å². The molecule has 3 aromatic rings. The molecule has 0 aliphatic rings. The average molecular weight is 249 g/mol. The van der Waals surface area contributed by atoms with Gasteiger partial charge in [-0.15, -0.1) is 0 Å². The molecule has 0 aliphatic heterocycles. The Hall–Kier alpha value is -2.35. The lowest BCUT2D eigenvalue weighted by Crippen LogP contribution is -1.89. The lowest BCUT2D eigenvalue weighted by atomic mass is 10.1. The summed E-state index contributed by atoms with van der Waals surface area (Å²) in [5.41, 5.74) is 4.30. The Morgan fingerprint density at radius 1 is 0.947 bits per heavy atom. The number of hydrogen-bond acceptors (Lipinski definition) is 2. The van der Waals surface area contributed by atoms with E-state index in [1.54, 1.807) is 7.11 Å². The van der Waals surface area contributed by atoms with Gasteiger partial charge in [-0.3, -0.25) is 0 Å². The van der Waals surface area contributed by atoms with Crippen molar-refractivity contribution in [2.45, 2.75) is 6.92 Å². The molecule has 0 aliphatic carbocycles. The molecule has 2 aromatic carbocycles. The zero-order valence-electron chi connectivity index (χ0n) is 11.1. The lowest BCUT2D eigenvalue weighted by molar-refractivity contribution is 0.415. The predicted molar refractivity (Wildman–Crippen MR) is 78.5 cm³/mol. The average Bonchev–Trinajstić information content (AvgIpc) is 2.47. The Morgan fingerprint density at radius 3 is 2.63 bits per heavy atom. The minimum Gasteiger partial charge on any atom is -0.497 e. The van der Waals surface area contributed by atoms with Crippen molar-refractivity contribution in [1.29, 1.82) is 0 Å². The van der Waals surface area contributed by atoms with Gasteiger partial charge in [-0.1, -0.05) is 36.4 Å². The Labute approximate surface area is 112 Å². The number of nitrogens with zero attached hydrogens (tertiary/aromatic N) is 1. The topological polar surface area (TPSA) is 22.1 Å². The number of rotatable bonds is 2. The molecule has 19 heavy (non-hydrogen) atoms. The highest BCUT2D eigenvalue weighted by molar-refractivity contribution is 5.84. The van der Waals surface area contributed by atoms with Gasteiger partial charge in [-0.05, 0) is 30.7 Å². The van der Waals surface area contributed by atoms with Gasteiger partial charge < -0.3 is 4.74 Å². The molecule has 2 nitrogen and oxygen atoms in total. The van der Waals surface area contributed by atoms with E-state index in [0.29, 0.717) is 0 Å². The quantitative estimate of drug-likeness (QED) is 0.678. The van der Waals surface area contributed by atoms with E-state index < -0.39 is 0 Å². The van der Waals surface area contributed by atoms with Gasteiger partial charge in [0.15, 0.2) is 0 Å². The molecule has 1 aromatic heterocycles. The van der Waals surface area contributed by atoms with Gasteiger partial charge in [0.25, 0.3) is 0 Å². The van der Waals surface area contributed by atoms with E-state index in [0.717, 1.165) is 22.5 Å². The maximum Gasteiger partial charge on any atom is 0.119 e. The van der Waals surface area contributed by atoms with Crippen molar-refractivity contribution in [3.8, 4) is 17.0 Å². The van der Waals surface area contributed by atoms with Gasteiger partial charge in [0.05, 0.1) is 18.3 Å². The summed E-state index contributed by atoms with van der Waals surface area (Å²) in [6.07, 6.45) is 0. The maximum atomic E-state index is 5.26. The van der Waals surface area contributed by atoms with Crippen LogP contribution in [0.15, 0.2) is 54.6 Å². The molecule has 0 N–H and O–H groups in total. The summed E-state index contributed by atoms with van der Waals surface area (Å²) in [7, 11) is 1.68. The van der Waals surface area contributed by atoms with Crippen LogP contribution in [0.25, 0.3) is 22.2 Å². The van der Waals surface area contributed by atoms with Crippen LogP contribution in [-0.4, -0.2) is 12.1 Å². The smallest absolute Gasteiger partial charge is 0.119 e. The number of aryl methyl sites for hydroxylation is 1. The molecule has 0 bridgehead atoms. The predicted octanol–water partition coefficient (Wildman–Crippen LogP) is 4.22. The molecule has 0 spiro atoms. The molecule has 0 unspecified atom stereocenters. The number of para-hydroxylation sites is 1. The van der Waals surface area contributed by atoms with E-state index in [-0.39, 0.29) is 0 Å². The van der Waals surface area contributed by atoms with Crippen molar-refractivity contribution in [3.63, 3.8) is 0 Å². The van der Waals surface area contributed by atoms with Crippen molar-refractivity contribution in [2.24, 2.45) is 0 Å². The normalized spacial score (nSPS) is 10.6. The van der Waals surface area contributed by atoms with E-state index >= 15 is 0 Å². The molecule has 0 radical (unpaired) electrons. The van der Waals surface area contributed by atoms with Gasteiger partial charge in [0.2, 0.25) is 0 Å². The van der Waals surface area contributed by atoms with Crippen LogP contribution in [0.4, 0.5) is 0 Å². The Bertz CT molecular complexity index is 734. The van der Waals surface area contributed by atoms with Crippen LogP contribution in [0.5, 0.6) is 5.75 Å². The monoisotopic (exact) mass is 249 g/mol. The summed E-state index contributed by atoms with van der Waals surface area (Å²) in [4.78, 5) is 4.76. The number of hydrogen-bond donors (Lipinski definition) is 0. The van der Waals surface area contributed by atoms with E-state index in [1.807, 2.05) is 18.2 Å². The number of methoxy groups -OCH3 is 1. The third-order valence-electron chi connectivity index (χ3n) is 3.29. The molecule has 0 fully saturated rings. The fourth-order valence-electron chi connectivity index (χ4n) is 2.24. The summed E-state index contributed by atoms with van der Waals surface area (Å²) >= 11 is 0. The zero-order chi connectivity index (χ0) is 13.2. The Morgan fingerprint density at radius 2 is 1.79 bits per heavy atom. The molecular weight excluding hydrogens is 234 g/mol. The highest BCUT2D eigenvalue weighted by Gasteiger charge is 2.04. The second-order valence-electron chi connectivity index (χ2n) is 4.58. The standard InChI is InChI=1S/C17H15NO/c1-12-5-3-6-13-9-10-16(18-17(12)13)14-7-4-8-15(11-14)19-2/h3-11H,1-2H3. The number of ether oxygens (including phenoxy) is 1. The van der Waals surface area contributed by atoms with E-state index in [9.17, 15) is 0 Å². The van der Waals surface area contributed by atoms with Crippen LogP contribution >= 0.6 is 0 Å². The van der Waals surface area contributed by atoms with E-state index in [2.05, 4.69) is 43.3 Å². The fourth-order valence-corrected chi connectivity index (χ4v) is 2.24. The van der Waals surface area contributed by atoms with Gasteiger partial charge in [0.1, 0.15) is 5.75 Å². The largest absolute Gasteiger partial charge is 0.497 e. The van der Waals surface area contributed by atoms with Gasteiger partial charge in [0, 0.05) is 10.9 Å². The Balaban J connectivity index is 2.17. The zero-order valence-corrected chi connectivity index (χ0v) is 11.1. The van der Waals surface area contributed by atoms with Crippen molar-refractivity contribution in [3.05, 3.63) is 60.2 Å². The first-order valence-electron chi connectivity index (χ1n) is 6.29. The van der Waals surface area contributed by atoms with Crippen LogP contribution in [0, 0.1) is 6.92 Å². The van der Waals surface area contributed by atoms with Crippen LogP contribution in [-0.2, 0) is 0 Å². The molecule has 94 valence electrons. The lowest BCUT2D eigenvalue weighted by Gasteiger charge is -2.07. The molecular formula is C17H15NO. The molecule has 0 atom stereocenters. The first kappa shape index (κ1) is 11.7. The van der Waals surface area contributed by atoms with Crippen molar-refractivity contribution >= 4 is 10.9 Å². The van der Waals surface area contributed by atoms with Crippen LogP contribution in [0.1, 0.15) is 5.56 Å². The summed E-state index contributed by atoms with van der Waals surface area (Å²) in [6, 6.07) is 18.4. The minimum absolute atomic E-state index is 0.851. The highest BCUT2D eigenvalue weighted by Crippen LogP contribution is 2.25. The molecule has 3 rings (SSSR count). The van der Waals surface area contributed by atoms with Gasteiger partial charge >= 0.3 is 0 Å². The van der Waals surface area contributed by atoms with Crippen LogP contribution in [0.3, 0.4) is 0 Å². The minimum atomic E-state index is 0.851. The molecule has 2 heteroatoms. The van der Waals surface area contributed by atoms with Crippen molar-refractivity contribution < 1.29 is 4.74 Å². The molecule has 0 amide bonds. The van der Waals surface area contributed by atoms with E-state index in [1.165, 1.54) is 10.9 Å². The molecule has 0 saturated heterocycles. The second-order valence-corrected chi connectivity index (χ2v) is 4.58. The van der Waals surface area contributed by atoms with Crippen molar-refractivity contribution in [1.82, 2.24) is 4.98 Å². The number of benzene rings is 2. The summed E-state index contributed by atoms with van der Waals surface area (Å²) in [5.74, 6) is 0.851. The number of fused-ring (bicyclic) bond motifs is 1. The third kappa shape index (κ3) is 2.17. The number of aromatic nitrogens is 1. The summed E-state index contributed by atoms with van der Waals surface area (Å²) in [5, 5.41) is 1.17. The highest BCUT2D eigenvalue weighted by atomic mass is 16.5. The number of pyridine rings is 1. The summed E-state index contributed by atoms with van der Waals surface area (Å²) < 4.78 is 5.26. The maximum absolute atomic E-state index is 5.26. The first-order valence-corrected chi connectivity index (χ1v) is 6.29. The van der Waals surface area contributed by atoms with Gasteiger partial charge in [-0.25, -0.2) is 4.98 Å². The third-order valence-corrected chi connectivity index (χ3v) is 3.29. The first-order chi connectivity index (χ1) is 9.28. The van der Waals surface area contributed by atoms with Gasteiger partial charge in [-0.2, -0.15) is 0 Å². The molecule has 1 heterocycles. The van der Waals surface area contributed by atoms with Crippen LogP contribution < -0.4 is 4.74 Å².